The zero-order chi connectivity index (χ0) is 17.8. The molecule has 0 aliphatic rings. The van der Waals surface area contributed by atoms with E-state index >= 15 is 0 Å². The van der Waals surface area contributed by atoms with Gasteiger partial charge in [0.25, 0.3) is 5.91 Å². The van der Waals surface area contributed by atoms with Crippen molar-refractivity contribution < 1.29 is 37.8 Å². The number of aliphatic carboxylic acids is 2. The Balaban J connectivity index is 3.04. The van der Waals surface area contributed by atoms with Gasteiger partial charge < -0.3 is 21.3 Å². The molecule has 0 spiro atoms. The minimum Gasteiger partial charge on any atom is -0.481 e. The van der Waals surface area contributed by atoms with Crippen LogP contribution >= 0.6 is 0 Å². The van der Waals surface area contributed by atoms with E-state index in [0.717, 1.165) is 6.20 Å². The normalized spacial score (nSPS) is 12.5. The van der Waals surface area contributed by atoms with E-state index in [2.05, 4.69) is 4.98 Å². The third-order valence-corrected chi connectivity index (χ3v) is 2.68. The molecule has 1 rings (SSSR count). The Morgan fingerprint density at radius 2 is 1.91 bits per heavy atom. The van der Waals surface area contributed by atoms with Crippen LogP contribution in [0.4, 0.5) is 18.9 Å². The highest BCUT2D eigenvalue weighted by molar-refractivity contribution is 5.96. The van der Waals surface area contributed by atoms with Gasteiger partial charge in [-0.2, -0.15) is 13.2 Å². The predicted molar refractivity (Wildman–Crippen MR) is 69.4 cm³/mol. The van der Waals surface area contributed by atoms with Crippen molar-refractivity contribution in [3.63, 3.8) is 0 Å². The van der Waals surface area contributed by atoms with Crippen LogP contribution in [0.15, 0.2) is 12.3 Å². The van der Waals surface area contributed by atoms with Crippen LogP contribution in [0, 0.1) is 0 Å². The minimum atomic E-state index is -4.92. The number of halogens is 3. The summed E-state index contributed by atoms with van der Waals surface area (Å²) in [5.41, 5.74) is 2.41. The first-order chi connectivity index (χ1) is 10.5. The largest absolute Gasteiger partial charge is 0.481 e. The molecule has 1 heterocycles. The van der Waals surface area contributed by atoms with Gasteiger partial charge in [-0.3, -0.25) is 9.59 Å². The molecule has 0 aromatic carbocycles. The molecule has 1 aromatic heterocycles. The number of pyridine rings is 1. The van der Waals surface area contributed by atoms with E-state index in [1.165, 1.54) is 0 Å². The Kier molecular flexibility index (Phi) is 5.49. The molecular weight excluding hydrogens is 323 g/mol. The first-order valence-corrected chi connectivity index (χ1v) is 6.10. The number of carboxylic acids is 2. The highest BCUT2D eigenvalue weighted by Gasteiger charge is 2.37. The van der Waals surface area contributed by atoms with Crippen LogP contribution in [0.2, 0.25) is 0 Å². The fourth-order valence-electron chi connectivity index (χ4n) is 1.63. The van der Waals surface area contributed by atoms with Crippen molar-refractivity contribution in [2.45, 2.75) is 25.1 Å². The Hall–Kier alpha value is -2.85. The van der Waals surface area contributed by atoms with Crippen molar-refractivity contribution in [2.75, 3.05) is 5.73 Å². The molecule has 11 heteroatoms. The summed E-state index contributed by atoms with van der Waals surface area (Å²) in [6.07, 6.45) is -5.18. The Morgan fingerprint density at radius 1 is 1.30 bits per heavy atom. The lowest BCUT2D eigenvalue weighted by Crippen LogP contribution is -2.42. The molecule has 8 nitrogen and oxygen atoms in total. The molecule has 23 heavy (non-hydrogen) atoms. The SMILES string of the molecule is Nc1cnc(C(=O)N[C@@H](CCC(=O)O)C(=O)O)c(C(F)(F)F)c1. The Labute approximate surface area is 127 Å². The molecule has 0 unspecified atom stereocenters. The molecule has 126 valence electrons. The maximum atomic E-state index is 12.9. The molecule has 0 bridgehead atoms. The average molecular weight is 335 g/mol. The number of alkyl halides is 3. The number of carbonyl (C=O) groups is 3. The van der Waals surface area contributed by atoms with Gasteiger partial charge in [0, 0.05) is 6.42 Å². The number of aromatic nitrogens is 1. The lowest BCUT2D eigenvalue weighted by Gasteiger charge is -2.16. The second-order valence-electron chi connectivity index (χ2n) is 4.46. The summed E-state index contributed by atoms with van der Waals surface area (Å²) in [4.78, 5) is 36.5. The Morgan fingerprint density at radius 3 is 2.39 bits per heavy atom. The maximum absolute atomic E-state index is 12.9. The minimum absolute atomic E-state index is 0.325. The van der Waals surface area contributed by atoms with Gasteiger partial charge in [-0.1, -0.05) is 0 Å². The number of hydrogen-bond acceptors (Lipinski definition) is 5. The highest BCUT2D eigenvalue weighted by atomic mass is 19.4. The van der Waals surface area contributed by atoms with Crippen LogP contribution in [-0.2, 0) is 15.8 Å². The molecule has 0 aliphatic heterocycles. The molecular formula is C12H12F3N3O5. The summed E-state index contributed by atoms with van der Waals surface area (Å²) in [5, 5.41) is 19.2. The lowest BCUT2D eigenvalue weighted by atomic mass is 10.1. The van der Waals surface area contributed by atoms with Gasteiger partial charge in [0.05, 0.1) is 17.4 Å². The summed E-state index contributed by atoms with van der Waals surface area (Å²) in [7, 11) is 0. The molecule has 5 N–H and O–H groups in total. The first-order valence-electron chi connectivity index (χ1n) is 6.10. The van der Waals surface area contributed by atoms with Crippen molar-refractivity contribution in [2.24, 2.45) is 0 Å². The quantitative estimate of drug-likeness (QED) is 0.600. The van der Waals surface area contributed by atoms with Crippen molar-refractivity contribution in [3.05, 3.63) is 23.5 Å². The molecule has 0 saturated heterocycles. The van der Waals surface area contributed by atoms with E-state index in [1.54, 1.807) is 0 Å². The third-order valence-electron chi connectivity index (χ3n) is 2.68. The summed E-state index contributed by atoms with van der Waals surface area (Å²) >= 11 is 0. The number of nitrogens with two attached hydrogens (primary N) is 1. The smallest absolute Gasteiger partial charge is 0.418 e. The number of hydrogen-bond donors (Lipinski definition) is 4. The first kappa shape index (κ1) is 18.2. The van der Waals surface area contributed by atoms with Gasteiger partial charge in [-0.05, 0) is 12.5 Å². The summed E-state index contributed by atoms with van der Waals surface area (Å²) in [6.45, 7) is 0. The van der Waals surface area contributed by atoms with Gasteiger partial charge in [-0.15, -0.1) is 0 Å². The zero-order valence-corrected chi connectivity index (χ0v) is 11.4. The van der Waals surface area contributed by atoms with E-state index < -0.39 is 54.2 Å². The fraction of sp³-hybridized carbons (Fsp3) is 0.333. The maximum Gasteiger partial charge on any atom is 0.418 e. The van der Waals surface area contributed by atoms with E-state index in [4.69, 9.17) is 15.9 Å². The number of rotatable bonds is 6. The topological polar surface area (TPSA) is 143 Å². The third kappa shape index (κ3) is 5.13. The van der Waals surface area contributed by atoms with Gasteiger partial charge in [0.2, 0.25) is 0 Å². The monoisotopic (exact) mass is 335 g/mol. The summed E-state index contributed by atoms with van der Waals surface area (Å²) in [6, 6.07) is -1.17. The van der Waals surface area contributed by atoms with Crippen LogP contribution < -0.4 is 11.1 Å². The van der Waals surface area contributed by atoms with E-state index in [9.17, 15) is 27.6 Å². The zero-order valence-electron chi connectivity index (χ0n) is 11.4. The number of nitrogens with one attached hydrogen (secondary N) is 1. The molecule has 1 aromatic rings. The predicted octanol–water partition coefficient (Wildman–Crippen LogP) is 0.730. The van der Waals surface area contributed by atoms with Gasteiger partial charge in [-0.25, -0.2) is 9.78 Å². The fourth-order valence-corrected chi connectivity index (χ4v) is 1.63. The van der Waals surface area contributed by atoms with Crippen molar-refractivity contribution in [1.82, 2.24) is 10.3 Å². The Bertz CT molecular complexity index is 633. The summed E-state index contributed by atoms with van der Waals surface area (Å²) < 4.78 is 38.6. The van der Waals surface area contributed by atoms with Crippen molar-refractivity contribution in [3.8, 4) is 0 Å². The number of carbonyl (C=O) groups excluding carboxylic acids is 1. The van der Waals surface area contributed by atoms with Crippen LogP contribution in [0.5, 0.6) is 0 Å². The molecule has 0 radical (unpaired) electrons. The average Bonchev–Trinajstić information content (AvgIpc) is 2.41. The highest BCUT2D eigenvalue weighted by Crippen LogP contribution is 2.32. The van der Waals surface area contributed by atoms with Gasteiger partial charge in [0.15, 0.2) is 0 Å². The number of nitrogens with zero attached hydrogens (tertiary/aromatic N) is 1. The number of nitrogen functional groups attached to an aromatic ring is 1. The van der Waals surface area contributed by atoms with E-state index in [1.807, 2.05) is 5.32 Å². The number of anilines is 1. The van der Waals surface area contributed by atoms with Crippen LogP contribution in [0.3, 0.4) is 0 Å². The molecule has 0 fully saturated rings. The van der Waals surface area contributed by atoms with Crippen molar-refractivity contribution in [1.29, 1.82) is 0 Å². The van der Waals surface area contributed by atoms with E-state index in [0.29, 0.717) is 6.07 Å². The van der Waals surface area contributed by atoms with E-state index in [-0.39, 0.29) is 5.69 Å². The van der Waals surface area contributed by atoms with Gasteiger partial charge >= 0.3 is 18.1 Å². The lowest BCUT2D eigenvalue weighted by molar-refractivity contribution is -0.140. The number of amides is 1. The van der Waals surface area contributed by atoms with Crippen LogP contribution in [-0.4, -0.2) is 39.1 Å². The molecule has 1 amide bonds. The number of carboxylic acid groups (broad SMARTS) is 2. The second-order valence-corrected chi connectivity index (χ2v) is 4.46. The molecule has 0 saturated carbocycles. The molecule has 1 atom stereocenters. The van der Waals surface area contributed by atoms with Crippen LogP contribution in [0.1, 0.15) is 28.9 Å². The summed E-state index contributed by atoms with van der Waals surface area (Å²) in [5.74, 6) is -4.29. The van der Waals surface area contributed by atoms with Crippen LogP contribution in [0.25, 0.3) is 0 Å². The second kappa shape index (κ2) is 6.94. The standard InChI is InChI=1S/C12H12F3N3O5/c13-12(14,15)6-3-5(16)4-17-9(6)10(21)18-7(11(22)23)1-2-8(19)20/h3-4,7H,1-2,16H2,(H,18,21)(H,19,20)(H,22,23)/t7-/m0/s1. The van der Waals surface area contributed by atoms with Crippen molar-refractivity contribution >= 4 is 23.5 Å². The molecule has 0 aliphatic carbocycles. The van der Waals surface area contributed by atoms with Gasteiger partial charge in [0.1, 0.15) is 11.7 Å².